The van der Waals surface area contributed by atoms with E-state index in [1.54, 1.807) is 51.1 Å². The van der Waals surface area contributed by atoms with Gasteiger partial charge in [0.2, 0.25) is 0 Å². The maximum absolute atomic E-state index is 12.1. The molecule has 1 aromatic rings. The lowest BCUT2D eigenvalue weighted by molar-refractivity contribution is -0.144. The van der Waals surface area contributed by atoms with E-state index in [1.165, 1.54) is 0 Å². The Kier molecular flexibility index (Phi) is 10.9. The van der Waals surface area contributed by atoms with Gasteiger partial charge in [-0.05, 0) is 44.7 Å². The van der Waals surface area contributed by atoms with Gasteiger partial charge in [-0.1, -0.05) is 29.4 Å². The van der Waals surface area contributed by atoms with Crippen molar-refractivity contribution in [3.63, 3.8) is 0 Å². The summed E-state index contributed by atoms with van der Waals surface area (Å²) in [6, 6.07) is 7.17. The van der Waals surface area contributed by atoms with Gasteiger partial charge in [0.15, 0.2) is 6.61 Å². The zero-order valence-corrected chi connectivity index (χ0v) is 18.2. The number of hydrogen-bond acceptors (Lipinski definition) is 8. The molecule has 0 radical (unpaired) electrons. The average molecular weight is 446 g/mol. The first-order valence-electron chi connectivity index (χ1n) is 9.72. The Bertz CT molecular complexity index is 868. The number of rotatable bonds is 10. The Balaban J connectivity index is 2.44. The van der Waals surface area contributed by atoms with E-state index < -0.39 is 36.4 Å². The van der Waals surface area contributed by atoms with Crippen LogP contribution in [0.5, 0.6) is 0 Å². The number of nitrogens with one attached hydrogen (secondary N) is 2. The van der Waals surface area contributed by atoms with E-state index in [9.17, 15) is 14.4 Å². The number of nitriles is 1. The largest absolute Gasteiger partial charge is 0.449 e. The minimum absolute atomic E-state index is 0.0195. The van der Waals surface area contributed by atoms with Crippen LogP contribution in [0.25, 0.3) is 10.4 Å². The highest BCUT2D eigenvalue weighted by molar-refractivity contribution is 5.81. The van der Waals surface area contributed by atoms with Gasteiger partial charge in [0.05, 0.1) is 0 Å². The molecular formula is C20H26N6O6. The first-order valence-corrected chi connectivity index (χ1v) is 9.72. The number of alkyl carbamates (subject to hydrolysis) is 2. The van der Waals surface area contributed by atoms with Crippen LogP contribution in [0.1, 0.15) is 39.2 Å². The molecule has 0 fully saturated rings. The molecule has 0 aromatic heterocycles. The Morgan fingerprint density at radius 1 is 1.19 bits per heavy atom. The second kappa shape index (κ2) is 13.4. The Labute approximate surface area is 185 Å². The summed E-state index contributed by atoms with van der Waals surface area (Å²) in [5.74, 6) is -0.774. The van der Waals surface area contributed by atoms with Crippen molar-refractivity contribution in [1.82, 2.24) is 10.6 Å². The molecule has 0 aliphatic rings. The average Bonchev–Trinajstić information content (AvgIpc) is 2.72. The summed E-state index contributed by atoms with van der Waals surface area (Å²) >= 11 is 0. The van der Waals surface area contributed by atoms with Crippen LogP contribution in [0.3, 0.4) is 0 Å². The third kappa shape index (κ3) is 11.3. The summed E-state index contributed by atoms with van der Waals surface area (Å²) < 4.78 is 15.0. The number of benzene rings is 1. The maximum Gasteiger partial charge on any atom is 0.408 e. The fourth-order valence-electron chi connectivity index (χ4n) is 2.31. The maximum atomic E-state index is 12.1. The van der Waals surface area contributed by atoms with E-state index in [4.69, 9.17) is 25.0 Å². The highest BCUT2D eigenvalue weighted by Crippen LogP contribution is 2.13. The van der Waals surface area contributed by atoms with Gasteiger partial charge in [-0.3, -0.25) is 0 Å². The van der Waals surface area contributed by atoms with E-state index in [2.05, 4.69) is 20.7 Å². The molecule has 0 aliphatic carbocycles. The lowest BCUT2D eigenvalue weighted by Gasteiger charge is -2.22. The molecule has 1 atom stereocenters. The van der Waals surface area contributed by atoms with Gasteiger partial charge in [-0.2, -0.15) is 5.26 Å². The Morgan fingerprint density at radius 2 is 1.88 bits per heavy atom. The Hall–Kier alpha value is -3.97. The molecule has 2 amide bonds. The van der Waals surface area contributed by atoms with Gasteiger partial charge in [-0.25, -0.2) is 14.4 Å². The molecule has 0 unspecified atom stereocenters. The van der Waals surface area contributed by atoms with Gasteiger partial charge >= 0.3 is 18.2 Å². The fraction of sp³-hybridized carbons (Fsp3) is 0.500. The number of carbonyl (C=O) groups excluding carboxylic acids is 3. The molecule has 0 saturated heterocycles. The van der Waals surface area contributed by atoms with Crippen molar-refractivity contribution < 1.29 is 28.6 Å². The van der Waals surface area contributed by atoms with Crippen molar-refractivity contribution in [1.29, 1.82) is 5.26 Å². The summed E-state index contributed by atoms with van der Waals surface area (Å²) in [6.07, 6.45) is -0.994. The lowest BCUT2D eigenvalue weighted by atomic mass is 10.1. The number of hydrogen-bond donors (Lipinski definition) is 2. The van der Waals surface area contributed by atoms with Gasteiger partial charge < -0.3 is 24.8 Å². The zero-order valence-electron chi connectivity index (χ0n) is 18.2. The first-order chi connectivity index (χ1) is 15.1. The van der Waals surface area contributed by atoms with E-state index in [0.717, 1.165) is 0 Å². The van der Waals surface area contributed by atoms with Crippen molar-refractivity contribution in [2.75, 3.05) is 13.2 Å². The number of amides is 2. The molecule has 1 aromatic carbocycles. The predicted octanol–water partition coefficient (Wildman–Crippen LogP) is 3.59. The number of azide groups is 1. The number of esters is 1. The molecule has 0 saturated carbocycles. The second-order valence-electron chi connectivity index (χ2n) is 7.47. The van der Waals surface area contributed by atoms with E-state index in [-0.39, 0.29) is 19.6 Å². The van der Waals surface area contributed by atoms with Crippen LogP contribution >= 0.6 is 0 Å². The molecule has 2 N–H and O–H groups in total. The topological polar surface area (TPSA) is 176 Å². The molecule has 1 rings (SSSR count). The lowest BCUT2D eigenvalue weighted by Crippen LogP contribution is -2.44. The smallest absolute Gasteiger partial charge is 0.408 e. The van der Waals surface area contributed by atoms with Crippen LogP contribution < -0.4 is 10.6 Å². The van der Waals surface area contributed by atoms with E-state index >= 15 is 0 Å². The van der Waals surface area contributed by atoms with Gasteiger partial charge in [-0.15, -0.1) is 0 Å². The predicted molar refractivity (Wildman–Crippen MR) is 112 cm³/mol. The molecule has 0 bridgehead atoms. The van der Waals surface area contributed by atoms with Crippen LogP contribution in [0.2, 0.25) is 0 Å². The van der Waals surface area contributed by atoms with E-state index in [0.29, 0.717) is 17.7 Å². The zero-order chi connectivity index (χ0) is 24.0. The van der Waals surface area contributed by atoms with Crippen molar-refractivity contribution in [2.45, 2.75) is 51.9 Å². The molecule has 0 spiro atoms. The summed E-state index contributed by atoms with van der Waals surface area (Å²) in [7, 11) is 0. The van der Waals surface area contributed by atoms with Crippen LogP contribution in [-0.2, 0) is 25.6 Å². The molecule has 0 aliphatic heterocycles. The third-order valence-electron chi connectivity index (χ3n) is 3.66. The molecule has 12 heteroatoms. The minimum atomic E-state index is -1.04. The van der Waals surface area contributed by atoms with Crippen molar-refractivity contribution in [2.24, 2.45) is 5.11 Å². The normalized spacial score (nSPS) is 11.2. The summed E-state index contributed by atoms with van der Waals surface area (Å²) in [6.45, 7) is 4.79. The van der Waals surface area contributed by atoms with Crippen molar-refractivity contribution in [3.8, 4) is 6.07 Å². The number of ether oxygens (including phenoxy) is 3. The van der Waals surface area contributed by atoms with Crippen LogP contribution in [-0.4, -0.2) is 43.0 Å². The highest BCUT2D eigenvalue weighted by atomic mass is 16.6. The summed E-state index contributed by atoms with van der Waals surface area (Å²) in [4.78, 5) is 38.5. The monoisotopic (exact) mass is 446 g/mol. The fourth-order valence-corrected chi connectivity index (χ4v) is 2.31. The second-order valence-corrected chi connectivity index (χ2v) is 7.47. The van der Waals surface area contributed by atoms with Crippen LogP contribution in [0, 0.1) is 11.3 Å². The third-order valence-corrected chi connectivity index (χ3v) is 3.66. The molecule has 12 nitrogen and oxygen atoms in total. The van der Waals surface area contributed by atoms with Crippen LogP contribution in [0.4, 0.5) is 15.3 Å². The summed E-state index contributed by atoms with van der Waals surface area (Å²) in [5.41, 5.74) is 8.78. The van der Waals surface area contributed by atoms with Crippen molar-refractivity contribution in [3.05, 3.63) is 40.3 Å². The molecule has 32 heavy (non-hydrogen) atoms. The van der Waals surface area contributed by atoms with Crippen molar-refractivity contribution >= 4 is 23.8 Å². The first kappa shape index (κ1) is 26.1. The minimum Gasteiger partial charge on any atom is -0.449 e. The van der Waals surface area contributed by atoms with Gasteiger partial charge in [0.1, 0.15) is 24.3 Å². The standard InChI is InChI=1S/C20H26N6O6/c1-20(2,3)32-19(29)24-16(17(27)30-12-10-21)5-4-11-23-18(28)31-13-14-6-8-15(9-7-14)25-26-22/h6-9,16H,4-5,11-13H2,1-3H3,(H,23,28)(H,24,29)/t16-/m0/s1. The Morgan fingerprint density at radius 3 is 2.47 bits per heavy atom. The highest BCUT2D eigenvalue weighted by Gasteiger charge is 2.25. The SMILES string of the molecule is CC(C)(C)OC(=O)N[C@@H](CCCNC(=O)OCc1ccc(N=[N+]=[N-])cc1)C(=O)OCC#N. The molecule has 0 heterocycles. The van der Waals surface area contributed by atoms with Gasteiger partial charge in [0, 0.05) is 17.1 Å². The molecular weight excluding hydrogens is 420 g/mol. The molecule has 172 valence electrons. The number of nitrogens with zero attached hydrogens (tertiary/aromatic N) is 4. The van der Waals surface area contributed by atoms with E-state index in [1.807, 2.05) is 0 Å². The quantitative estimate of drug-likeness (QED) is 0.138. The van der Waals surface area contributed by atoms with Crippen LogP contribution in [0.15, 0.2) is 29.4 Å². The summed E-state index contributed by atoms with van der Waals surface area (Å²) in [5, 5.41) is 17.0. The number of carbonyl (C=O) groups is 3. The van der Waals surface area contributed by atoms with Gasteiger partial charge in [0.25, 0.3) is 0 Å².